The van der Waals surface area contributed by atoms with Crippen LogP contribution < -0.4 is 5.32 Å². The Hall–Kier alpha value is -4.32. The molecule has 0 aromatic heterocycles. The van der Waals surface area contributed by atoms with Crippen LogP contribution in [0.25, 0.3) is 16.9 Å². The van der Waals surface area contributed by atoms with E-state index in [-0.39, 0.29) is 6.42 Å². The van der Waals surface area contributed by atoms with Gasteiger partial charge in [0.25, 0.3) is 0 Å². The standard InChI is InChI=1S/C30H33NO5/c1-7-9-10-23(8-2)21(5)36-30(34)31-28(20(3)4)29(35-6)26-17-15-25(16-18-26)24-13-11-22(12-14-24)19-27(32)33/h7-18,21H,1,3,19H2,2,4-6H3,(H,31,34)(H,32,33)/b10-9-,23-8+,29-28+. The number of hydrogen-bond donors (Lipinski definition) is 2. The summed E-state index contributed by atoms with van der Waals surface area (Å²) in [4.78, 5) is 23.6. The molecule has 1 amide bonds. The molecule has 0 aliphatic rings. The van der Waals surface area contributed by atoms with Gasteiger partial charge >= 0.3 is 12.1 Å². The van der Waals surface area contributed by atoms with E-state index in [0.717, 1.165) is 27.8 Å². The van der Waals surface area contributed by atoms with Crippen molar-refractivity contribution in [2.45, 2.75) is 33.3 Å². The van der Waals surface area contributed by atoms with Crippen molar-refractivity contribution in [2.24, 2.45) is 0 Å². The largest absolute Gasteiger partial charge is 0.494 e. The van der Waals surface area contributed by atoms with Crippen molar-refractivity contribution in [2.75, 3.05) is 7.11 Å². The van der Waals surface area contributed by atoms with Crippen LogP contribution >= 0.6 is 0 Å². The molecular formula is C30H33NO5. The first-order chi connectivity index (χ1) is 17.2. The molecule has 2 aromatic rings. The van der Waals surface area contributed by atoms with Crippen molar-refractivity contribution < 1.29 is 24.2 Å². The van der Waals surface area contributed by atoms with Crippen molar-refractivity contribution >= 4 is 17.8 Å². The number of amides is 1. The third-order valence-corrected chi connectivity index (χ3v) is 5.39. The number of nitrogens with one attached hydrogen (secondary N) is 1. The Kier molecular flexibility index (Phi) is 10.5. The predicted molar refractivity (Wildman–Crippen MR) is 144 cm³/mol. The fraction of sp³-hybridized carbons (Fsp3) is 0.200. The van der Waals surface area contributed by atoms with Crippen LogP contribution in [0.1, 0.15) is 31.9 Å². The zero-order chi connectivity index (χ0) is 26.7. The number of allylic oxidation sites excluding steroid dienone is 4. The summed E-state index contributed by atoms with van der Waals surface area (Å²) in [6, 6.07) is 15.0. The van der Waals surface area contributed by atoms with Gasteiger partial charge in [-0.25, -0.2) is 4.79 Å². The van der Waals surface area contributed by atoms with Crippen molar-refractivity contribution in [1.82, 2.24) is 5.32 Å². The van der Waals surface area contributed by atoms with Gasteiger partial charge in [0.1, 0.15) is 11.9 Å². The molecule has 36 heavy (non-hydrogen) atoms. The molecule has 0 spiro atoms. The third kappa shape index (κ3) is 7.87. The molecule has 0 radical (unpaired) electrons. The number of carboxylic acids is 1. The van der Waals surface area contributed by atoms with E-state index in [4.69, 9.17) is 14.6 Å². The number of rotatable bonds is 11. The summed E-state index contributed by atoms with van der Waals surface area (Å²) < 4.78 is 11.2. The normalized spacial score (nSPS) is 12.9. The molecule has 0 saturated carbocycles. The Morgan fingerprint density at radius 3 is 2.14 bits per heavy atom. The van der Waals surface area contributed by atoms with Crippen molar-refractivity contribution in [1.29, 1.82) is 0 Å². The molecule has 0 fully saturated rings. The molecular weight excluding hydrogens is 454 g/mol. The van der Waals surface area contributed by atoms with Crippen LogP contribution in [-0.2, 0) is 20.7 Å². The monoisotopic (exact) mass is 487 g/mol. The lowest BCUT2D eigenvalue weighted by molar-refractivity contribution is -0.136. The van der Waals surface area contributed by atoms with Gasteiger partial charge in [0, 0.05) is 5.56 Å². The van der Waals surface area contributed by atoms with E-state index >= 15 is 0 Å². The molecule has 0 heterocycles. The van der Waals surface area contributed by atoms with Gasteiger partial charge in [0.15, 0.2) is 0 Å². The smallest absolute Gasteiger partial charge is 0.412 e. The summed E-state index contributed by atoms with van der Waals surface area (Å²) in [5, 5.41) is 11.7. The van der Waals surface area contributed by atoms with Crippen LogP contribution in [0.15, 0.2) is 103 Å². The van der Waals surface area contributed by atoms with Gasteiger partial charge in [-0.15, -0.1) is 0 Å². The van der Waals surface area contributed by atoms with Crippen molar-refractivity contribution in [3.63, 3.8) is 0 Å². The highest BCUT2D eigenvalue weighted by atomic mass is 16.6. The van der Waals surface area contributed by atoms with Gasteiger partial charge < -0.3 is 14.6 Å². The first kappa shape index (κ1) is 27.9. The van der Waals surface area contributed by atoms with Gasteiger partial charge in [-0.2, -0.15) is 0 Å². The van der Waals surface area contributed by atoms with E-state index in [1.54, 1.807) is 38.1 Å². The second-order valence-corrected chi connectivity index (χ2v) is 8.09. The maximum atomic E-state index is 12.7. The van der Waals surface area contributed by atoms with Crippen molar-refractivity contribution in [3.05, 3.63) is 114 Å². The topological polar surface area (TPSA) is 84.9 Å². The van der Waals surface area contributed by atoms with Gasteiger partial charge in [-0.3, -0.25) is 10.1 Å². The average Bonchev–Trinajstić information content (AvgIpc) is 2.84. The number of carbonyl (C=O) groups is 2. The molecule has 1 atom stereocenters. The minimum Gasteiger partial charge on any atom is -0.494 e. The van der Waals surface area contributed by atoms with Crippen LogP contribution in [-0.4, -0.2) is 30.4 Å². The molecule has 6 nitrogen and oxygen atoms in total. The van der Waals surface area contributed by atoms with Crippen molar-refractivity contribution in [3.8, 4) is 11.1 Å². The van der Waals surface area contributed by atoms with Gasteiger partial charge in [-0.05, 0) is 48.6 Å². The average molecular weight is 488 g/mol. The third-order valence-electron chi connectivity index (χ3n) is 5.39. The van der Waals surface area contributed by atoms with Crippen LogP contribution in [0, 0.1) is 0 Å². The molecule has 188 valence electrons. The van der Waals surface area contributed by atoms with E-state index < -0.39 is 18.2 Å². The first-order valence-corrected chi connectivity index (χ1v) is 11.5. The zero-order valence-electron chi connectivity index (χ0n) is 21.2. The predicted octanol–water partition coefficient (Wildman–Crippen LogP) is 6.68. The summed E-state index contributed by atoms with van der Waals surface area (Å²) in [5.41, 5.74) is 5.27. The van der Waals surface area contributed by atoms with E-state index in [2.05, 4.69) is 18.5 Å². The maximum Gasteiger partial charge on any atom is 0.412 e. The summed E-state index contributed by atoms with van der Waals surface area (Å²) in [7, 11) is 1.53. The Morgan fingerprint density at radius 2 is 1.67 bits per heavy atom. The number of ether oxygens (including phenoxy) is 2. The van der Waals surface area contributed by atoms with Gasteiger partial charge in [0.05, 0.1) is 19.2 Å². The number of benzene rings is 2. The highest BCUT2D eigenvalue weighted by Gasteiger charge is 2.18. The molecule has 2 N–H and O–H groups in total. The number of aliphatic carboxylic acids is 1. The van der Waals surface area contributed by atoms with Crippen LogP contribution in [0.5, 0.6) is 0 Å². The molecule has 0 bridgehead atoms. The number of carbonyl (C=O) groups excluding carboxylic acids is 1. The highest BCUT2D eigenvalue weighted by Crippen LogP contribution is 2.26. The second kappa shape index (κ2) is 13.5. The Morgan fingerprint density at radius 1 is 1.08 bits per heavy atom. The molecule has 2 aromatic carbocycles. The van der Waals surface area contributed by atoms with E-state index in [0.29, 0.717) is 17.0 Å². The Bertz CT molecular complexity index is 1180. The summed E-state index contributed by atoms with van der Waals surface area (Å²) in [5.74, 6) is -0.411. The minimum atomic E-state index is -0.863. The molecule has 0 aliphatic heterocycles. The van der Waals surface area contributed by atoms with E-state index in [9.17, 15) is 9.59 Å². The molecule has 0 aliphatic carbocycles. The Balaban J connectivity index is 2.25. The summed E-state index contributed by atoms with van der Waals surface area (Å²) in [6.07, 6.45) is 6.04. The first-order valence-electron chi connectivity index (χ1n) is 11.5. The second-order valence-electron chi connectivity index (χ2n) is 8.09. The molecule has 1 unspecified atom stereocenters. The highest BCUT2D eigenvalue weighted by molar-refractivity contribution is 5.78. The number of alkyl carbamates (subject to hydrolysis) is 1. The lowest BCUT2D eigenvalue weighted by Gasteiger charge is -2.19. The van der Waals surface area contributed by atoms with Crippen LogP contribution in [0.4, 0.5) is 4.79 Å². The number of carboxylic acid groups (broad SMARTS) is 1. The molecule has 0 saturated heterocycles. The number of methoxy groups -OCH3 is 1. The fourth-order valence-electron chi connectivity index (χ4n) is 3.53. The SMILES string of the molecule is C=C/C=C\C(=C/C)C(C)OC(=O)N/C(C(=C)C)=C(/OC)c1ccc(-c2ccc(CC(=O)O)cc2)cc1. The summed E-state index contributed by atoms with van der Waals surface area (Å²) >= 11 is 0. The van der Waals surface area contributed by atoms with Crippen LogP contribution in [0.3, 0.4) is 0 Å². The minimum absolute atomic E-state index is 0.0132. The fourth-order valence-corrected chi connectivity index (χ4v) is 3.53. The van der Waals surface area contributed by atoms with E-state index in [1.165, 1.54) is 7.11 Å². The Labute approximate surface area is 213 Å². The zero-order valence-corrected chi connectivity index (χ0v) is 21.2. The molecule has 6 heteroatoms. The van der Waals surface area contributed by atoms with Crippen LogP contribution in [0.2, 0.25) is 0 Å². The lowest BCUT2D eigenvalue weighted by atomic mass is 10.0. The quantitative estimate of drug-likeness (QED) is 0.273. The van der Waals surface area contributed by atoms with Gasteiger partial charge in [-0.1, -0.05) is 86.0 Å². The lowest BCUT2D eigenvalue weighted by Crippen LogP contribution is -2.29. The number of hydrogen-bond acceptors (Lipinski definition) is 4. The van der Waals surface area contributed by atoms with E-state index in [1.807, 2.05) is 55.5 Å². The van der Waals surface area contributed by atoms with Gasteiger partial charge in [0.2, 0.25) is 0 Å². The summed E-state index contributed by atoms with van der Waals surface area (Å²) in [6.45, 7) is 13.1. The molecule has 2 rings (SSSR count). The maximum absolute atomic E-state index is 12.7.